The van der Waals surface area contributed by atoms with Gasteiger partial charge in [-0.25, -0.2) is 4.98 Å². The van der Waals surface area contributed by atoms with Gasteiger partial charge in [0.15, 0.2) is 0 Å². The summed E-state index contributed by atoms with van der Waals surface area (Å²) in [5, 5.41) is 3.29. The number of aromatic nitrogens is 1. The van der Waals surface area contributed by atoms with Crippen LogP contribution in [0, 0.1) is 13.8 Å². The summed E-state index contributed by atoms with van der Waals surface area (Å²) in [5.41, 5.74) is 2.55. The van der Waals surface area contributed by atoms with Crippen LogP contribution < -0.4 is 5.32 Å². The van der Waals surface area contributed by atoms with Gasteiger partial charge in [0.2, 0.25) is 0 Å². The van der Waals surface area contributed by atoms with Crippen molar-refractivity contribution in [3.63, 3.8) is 0 Å². The highest BCUT2D eigenvalue weighted by molar-refractivity contribution is 5.46. The van der Waals surface area contributed by atoms with E-state index >= 15 is 0 Å². The van der Waals surface area contributed by atoms with Crippen LogP contribution in [0.3, 0.4) is 0 Å². The van der Waals surface area contributed by atoms with Crippen molar-refractivity contribution >= 4 is 5.82 Å². The molecule has 0 saturated heterocycles. The zero-order valence-electron chi connectivity index (χ0n) is 8.02. The van der Waals surface area contributed by atoms with Crippen LogP contribution in [0.15, 0.2) is 12.3 Å². The van der Waals surface area contributed by atoms with E-state index in [2.05, 4.69) is 31.1 Å². The number of hydrogen-bond donors (Lipinski definition) is 1. The second-order valence-electron chi connectivity index (χ2n) is 3.03. The molecule has 66 valence electrons. The van der Waals surface area contributed by atoms with Crippen molar-refractivity contribution < 1.29 is 0 Å². The molecular formula is C10H16N2. The van der Waals surface area contributed by atoms with Crippen molar-refractivity contribution in [2.24, 2.45) is 0 Å². The molecule has 1 N–H and O–H groups in total. The van der Waals surface area contributed by atoms with Gasteiger partial charge in [0.1, 0.15) is 5.82 Å². The van der Waals surface area contributed by atoms with E-state index in [0.717, 1.165) is 18.8 Å². The van der Waals surface area contributed by atoms with Crippen LogP contribution in [-0.2, 0) is 0 Å². The number of pyridine rings is 1. The van der Waals surface area contributed by atoms with Crippen LogP contribution in [0.1, 0.15) is 24.5 Å². The maximum Gasteiger partial charge on any atom is 0.129 e. The van der Waals surface area contributed by atoms with Crippen molar-refractivity contribution in [1.29, 1.82) is 0 Å². The first-order valence-corrected chi connectivity index (χ1v) is 4.41. The maximum absolute atomic E-state index is 4.27. The summed E-state index contributed by atoms with van der Waals surface area (Å²) in [6.45, 7) is 7.35. The fourth-order valence-corrected chi connectivity index (χ4v) is 1.05. The fourth-order valence-electron chi connectivity index (χ4n) is 1.05. The van der Waals surface area contributed by atoms with E-state index in [1.807, 2.05) is 12.3 Å². The SMILES string of the molecule is CCCNc1nccc(C)c1C. The molecule has 0 bridgehead atoms. The summed E-state index contributed by atoms with van der Waals surface area (Å²) in [7, 11) is 0. The van der Waals surface area contributed by atoms with E-state index in [4.69, 9.17) is 0 Å². The lowest BCUT2D eigenvalue weighted by Crippen LogP contribution is -2.04. The Bertz CT molecular complexity index is 256. The lowest BCUT2D eigenvalue weighted by Gasteiger charge is -2.08. The zero-order chi connectivity index (χ0) is 8.97. The minimum Gasteiger partial charge on any atom is -0.370 e. The highest BCUT2D eigenvalue weighted by Crippen LogP contribution is 2.14. The van der Waals surface area contributed by atoms with Crippen molar-refractivity contribution in [2.45, 2.75) is 27.2 Å². The second kappa shape index (κ2) is 4.10. The Morgan fingerprint density at radius 1 is 1.42 bits per heavy atom. The molecule has 0 unspecified atom stereocenters. The third-order valence-corrected chi connectivity index (χ3v) is 2.02. The fraction of sp³-hybridized carbons (Fsp3) is 0.500. The van der Waals surface area contributed by atoms with Gasteiger partial charge < -0.3 is 5.32 Å². The molecule has 1 rings (SSSR count). The summed E-state index contributed by atoms with van der Waals surface area (Å²) < 4.78 is 0. The summed E-state index contributed by atoms with van der Waals surface area (Å²) in [6.07, 6.45) is 2.98. The van der Waals surface area contributed by atoms with Gasteiger partial charge in [0.05, 0.1) is 0 Å². The monoisotopic (exact) mass is 164 g/mol. The normalized spacial score (nSPS) is 9.92. The van der Waals surface area contributed by atoms with Crippen LogP contribution in [0.5, 0.6) is 0 Å². The molecule has 0 spiro atoms. The van der Waals surface area contributed by atoms with Crippen molar-refractivity contribution in [2.75, 3.05) is 11.9 Å². The first-order valence-electron chi connectivity index (χ1n) is 4.41. The standard InChI is InChI=1S/C10H16N2/c1-4-6-11-10-9(3)8(2)5-7-12-10/h5,7H,4,6H2,1-3H3,(H,11,12). The third-order valence-electron chi connectivity index (χ3n) is 2.02. The van der Waals surface area contributed by atoms with Crippen molar-refractivity contribution in [1.82, 2.24) is 4.98 Å². The number of nitrogens with zero attached hydrogens (tertiary/aromatic N) is 1. The summed E-state index contributed by atoms with van der Waals surface area (Å²) in [4.78, 5) is 4.27. The van der Waals surface area contributed by atoms with Gasteiger partial charge in [-0.15, -0.1) is 0 Å². The van der Waals surface area contributed by atoms with E-state index < -0.39 is 0 Å². The molecule has 2 nitrogen and oxygen atoms in total. The Morgan fingerprint density at radius 2 is 2.17 bits per heavy atom. The molecule has 0 amide bonds. The molecule has 1 aromatic heterocycles. The average molecular weight is 164 g/mol. The second-order valence-corrected chi connectivity index (χ2v) is 3.03. The average Bonchev–Trinajstić information content (AvgIpc) is 2.08. The number of rotatable bonds is 3. The topological polar surface area (TPSA) is 24.9 Å². The van der Waals surface area contributed by atoms with E-state index in [1.54, 1.807) is 0 Å². The maximum atomic E-state index is 4.27. The Balaban J connectivity index is 2.78. The molecule has 0 atom stereocenters. The predicted octanol–water partition coefficient (Wildman–Crippen LogP) is 2.52. The first-order chi connectivity index (χ1) is 5.75. The van der Waals surface area contributed by atoms with Crippen LogP contribution in [0.4, 0.5) is 5.82 Å². The molecule has 2 heteroatoms. The number of aryl methyl sites for hydroxylation is 1. The molecule has 12 heavy (non-hydrogen) atoms. The Morgan fingerprint density at radius 3 is 2.83 bits per heavy atom. The number of nitrogens with one attached hydrogen (secondary N) is 1. The largest absolute Gasteiger partial charge is 0.370 e. The van der Waals surface area contributed by atoms with Gasteiger partial charge in [-0.3, -0.25) is 0 Å². The molecule has 0 aliphatic rings. The molecule has 0 fully saturated rings. The lowest BCUT2D eigenvalue weighted by atomic mass is 10.2. The smallest absolute Gasteiger partial charge is 0.129 e. The Kier molecular flexibility index (Phi) is 3.09. The molecule has 1 heterocycles. The predicted molar refractivity (Wildman–Crippen MR) is 52.5 cm³/mol. The van der Waals surface area contributed by atoms with E-state index in [-0.39, 0.29) is 0 Å². The summed E-state index contributed by atoms with van der Waals surface area (Å²) in [5.74, 6) is 1.02. The van der Waals surface area contributed by atoms with E-state index in [9.17, 15) is 0 Å². The van der Waals surface area contributed by atoms with E-state index in [1.165, 1.54) is 11.1 Å². The molecule has 0 aliphatic heterocycles. The molecule has 0 saturated carbocycles. The highest BCUT2D eigenvalue weighted by atomic mass is 15.0. The summed E-state index contributed by atoms with van der Waals surface area (Å²) in [6, 6.07) is 2.03. The Labute approximate surface area is 74.0 Å². The van der Waals surface area contributed by atoms with Crippen molar-refractivity contribution in [3.05, 3.63) is 23.4 Å². The first kappa shape index (κ1) is 9.04. The molecule has 0 radical (unpaired) electrons. The number of anilines is 1. The van der Waals surface area contributed by atoms with Crippen LogP contribution in [-0.4, -0.2) is 11.5 Å². The number of hydrogen-bond acceptors (Lipinski definition) is 2. The van der Waals surface area contributed by atoms with Gasteiger partial charge in [-0.2, -0.15) is 0 Å². The third kappa shape index (κ3) is 1.97. The molecule has 1 aromatic rings. The van der Waals surface area contributed by atoms with Crippen molar-refractivity contribution in [3.8, 4) is 0 Å². The minimum atomic E-state index is 0.997. The minimum absolute atomic E-state index is 0.997. The van der Waals surface area contributed by atoms with Crippen LogP contribution >= 0.6 is 0 Å². The van der Waals surface area contributed by atoms with Gasteiger partial charge in [-0.05, 0) is 37.5 Å². The van der Waals surface area contributed by atoms with Gasteiger partial charge >= 0.3 is 0 Å². The van der Waals surface area contributed by atoms with Gasteiger partial charge in [0.25, 0.3) is 0 Å². The highest BCUT2D eigenvalue weighted by Gasteiger charge is 1.99. The molecule has 0 aromatic carbocycles. The Hall–Kier alpha value is -1.05. The van der Waals surface area contributed by atoms with Crippen LogP contribution in [0.2, 0.25) is 0 Å². The summed E-state index contributed by atoms with van der Waals surface area (Å²) >= 11 is 0. The van der Waals surface area contributed by atoms with Crippen LogP contribution in [0.25, 0.3) is 0 Å². The molecular weight excluding hydrogens is 148 g/mol. The molecule has 0 aliphatic carbocycles. The van der Waals surface area contributed by atoms with E-state index in [0.29, 0.717) is 0 Å². The zero-order valence-corrected chi connectivity index (χ0v) is 8.02. The van der Waals surface area contributed by atoms with Gasteiger partial charge in [0, 0.05) is 12.7 Å². The quantitative estimate of drug-likeness (QED) is 0.742. The lowest BCUT2D eigenvalue weighted by molar-refractivity contribution is 0.964. The van der Waals surface area contributed by atoms with Gasteiger partial charge in [-0.1, -0.05) is 6.92 Å².